The predicted molar refractivity (Wildman–Crippen MR) is 121 cm³/mol. The van der Waals surface area contributed by atoms with E-state index in [0.29, 0.717) is 16.5 Å². The molecule has 2 aromatic carbocycles. The van der Waals surface area contributed by atoms with Gasteiger partial charge in [0.05, 0.1) is 10.5 Å². The molecule has 0 N–H and O–H groups in total. The number of rotatable bonds is 8. The van der Waals surface area contributed by atoms with Crippen LogP contribution in [0.5, 0.6) is 0 Å². The molecule has 1 heterocycles. The highest BCUT2D eigenvalue weighted by Gasteiger charge is 2.19. The Morgan fingerprint density at radius 2 is 1.90 bits per heavy atom. The third-order valence-corrected chi connectivity index (χ3v) is 6.40. The third-order valence-electron chi connectivity index (χ3n) is 4.75. The summed E-state index contributed by atoms with van der Waals surface area (Å²) in [6, 6.07) is 13.1. The molecule has 3 rings (SSSR count). The van der Waals surface area contributed by atoms with Gasteiger partial charge in [-0.1, -0.05) is 47.5 Å². The van der Waals surface area contributed by atoms with E-state index in [-0.39, 0.29) is 12.5 Å². The van der Waals surface area contributed by atoms with Gasteiger partial charge in [-0.05, 0) is 43.2 Å². The standard InChI is InChI=1S/C22H21Cl2NO4S/c1-3-13-30(27,28)29-21(26)12-7-15(2)25-14-18(16-8-10-17(23)11-9-16)22-19(24)5-4-6-20(22)25/h3-6,8-11,14-15H,1,7,12-13H2,2H3. The topological polar surface area (TPSA) is 65.4 Å². The van der Waals surface area contributed by atoms with Crippen molar-refractivity contribution in [2.75, 3.05) is 5.75 Å². The first-order valence-corrected chi connectivity index (χ1v) is 11.7. The molecule has 5 nitrogen and oxygen atoms in total. The Balaban J connectivity index is 1.87. The molecule has 0 aliphatic rings. The summed E-state index contributed by atoms with van der Waals surface area (Å²) in [5, 5.41) is 2.18. The zero-order chi connectivity index (χ0) is 21.9. The van der Waals surface area contributed by atoms with E-state index in [2.05, 4.69) is 10.8 Å². The largest absolute Gasteiger partial charge is 0.345 e. The van der Waals surface area contributed by atoms with Crippen molar-refractivity contribution in [3.05, 3.63) is 71.4 Å². The Hall–Kier alpha value is -2.28. The van der Waals surface area contributed by atoms with Crippen LogP contribution in [0, 0.1) is 0 Å². The molecule has 0 radical (unpaired) electrons. The van der Waals surface area contributed by atoms with Gasteiger partial charge in [0, 0.05) is 34.6 Å². The number of aromatic nitrogens is 1. The van der Waals surface area contributed by atoms with Crippen molar-refractivity contribution in [1.29, 1.82) is 0 Å². The summed E-state index contributed by atoms with van der Waals surface area (Å²) < 4.78 is 29.8. The van der Waals surface area contributed by atoms with Crippen molar-refractivity contribution < 1.29 is 17.4 Å². The van der Waals surface area contributed by atoms with E-state index in [4.69, 9.17) is 23.2 Å². The molecular formula is C22H21Cl2NO4S. The molecule has 0 fully saturated rings. The van der Waals surface area contributed by atoms with Crippen LogP contribution in [0.4, 0.5) is 0 Å². The van der Waals surface area contributed by atoms with E-state index in [1.807, 2.05) is 60.2 Å². The van der Waals surface area contributed by atoms with E-state index < -0.39 is 21.8 Å². The average molecular weight is 466 g/mol. The van der Waals surface area contributed by atoms with Crippen molar-refractivity contribution >= 4 is 50.2 Å². The smallest absolute Gasteiger partial charge is 0.322 e. The molecule has 0 aliphatic heterocycles. The van der Waals surface area contributed by atoms with Gasteiger partial charge in [-0.2, -0.15) is 8.42 Å². The Labute approximate surface area is 186 Å². The minimum absolute atomic E-state index is 0.0337. The van der Waals surface area contributed by atoms with Gasteiger partial charge in [-0.3, -0.25) is 4.79 Å². The molecule has 0 spiro atoms. The van der Waals surface area contributed by atoms with E-state index in [0.717, 1.165) is 22.0 Å². The summed E-state index contributed by atoms with van der Waals surface area (Å²) in [5.74, 6) is -1.18. The summed E-state index contributed by atoms with van der Waals surface area (Å²) in [7, 11) is -3.92. The van der Waals surface area contributed by atoms with Crippen LogP contribution in [0.15, 0.2) is 61.3 Å². The van der Waals surface area contributed by atoms with Crippen LogP contribution >= 0.6 is 23.2 Å². The van der Waals surface area contributed by atoms with E-state index >= 15 is 0 Å². The summed E-state index contributed by atoms with van der Waals surface area (Å²) in [5.41, 5.74) is 2.85. The van der Waals surface area contributed by atoms with E-state index in [9.17, 15) is 13.2 Å². The number of nitrogens with zero attached hydrogens (tertiary/aromatic N) is 1. The van der Waals surface area contributed by atoms with Crippen LogP contribution in [-0.4, -0.2) is 24.7 Å². The monoisotopic (exact) mass is 465 g/mol. The molecule has 0 saturated heterocycles. The Morgan fingerprint density at radius 3 is 2.57 bits per heavy atom. The van der Waals surface area contributed by atoms with Gasteiger partial charge >= 0.3 is 16.1 Å². The van der Waals surface area contributed by atoms with E-state index in [1.165, 1.54) is 6.08 Å². The van der Waals surface area contributed by atoms with Crippen LogP contribution in [0.2, 0.25) is 10.0 Å². The van der Waals surface area contributed by atoms with Gasteiger partial charge < -0.3 is 8.75 Å². The number of hydrogen-bond donors (Lipinski definition) is 0. The second-order valence-electron chi connectivity index (χ2n) is 6.95. The lowest BCUT2D eigenvalue weighted by atomic mass is 10.1. The van der Waals surface area contributed by atoms with Gasteiger partial charge in [0.25, 0.3) is 0 Å². The van der Waals surface area contributed by atoms with Crippen molar-refractivity contribution in [2.45, 2.75) is 25.8 Å². The van der Waals surface area contributed by atoms with Crippen molar-refractivity contribution in [1.82, 2.24) is 4.57 Å². The zero-order valence-corrected chi connectivity index (χ0v) is 18.7. The van der Waals surface area contributed by atoms with Crippen LogP contribution in [0.25, 0.3) is 22.0 Å². The molecule has 1 aromatic heterocycles. The van der Waals surface area contributed by atoms with E-state index in [1.54, 1.807) is 0 Å². The zero-order valence-electron chi connectivity index (χ0n) is 16.3. The third kappa shape index (κ3) is 5.06. The lowest BCUT2D eigenvalue weighted by Crippen LogP contribution is -2.16. The quantitative estimate of drug-likeness (QED) is 0.301. The molecule has 0 amide bonds. The fourth-order valence-electron chi connectivity index (χ4n) is 3.31. The molecular weight excluding hydrogens is 445 g/mol. The Kier molecular flexibility index (Phi) is 6.91. The number of carbonyl (C=O) groups excluding carboxylic acids is 1. The molecule has 3 aromatic rings. The summed E-state index contributed by atoms with van der Waals surface area (Å²) in [6.07, 6.45) is 3.54. The van der Waals surface area contributed by atoms with Crippen molar-refractivity contribution in [2.24, 2.45) is 0 Å². The van der Waals surface area contributed by atoms with Crippen molar-refractivity contribution in [3.8, 4) is 11.1 Å². The maximum absolute atomic E-state index is 12.0. The predicted octanol–water partition coefficient (Wildman–Crippen LogP) is 6.02. The molecule has 158 valence electrons. The highest BCUT2D eigenvalue weighted by atomic mass is 35.5. The molecule has 8 heteroatoms. The second-order valence-corrected chi connectivity index (χ2v) is 9.41. The van der Waals surface area contributed by atoms with Crippen LogP contribution in [0.3, 0.4) is 0 Å². The SMILES string of the molecule is C=CCS(=O)(=O)OC(=O)CCC(C)n1cc(-c2ccc(Cl)cc2)c2c(Cl)cccc21. The summed E-state index contributed by atoms with van der Waals surface area (Å²) in [6.45, 7) is 5.30. The second kappa shape index (κ2) is 9.25. The highest BCUT2D eigenvalue weighted by molar-refractivity contribution is 7.87. The lowest BCUT2D eigenvalue weighted by molar-refractivity contribution is -0.134. The van der Waals surface area contributed by atoms with Crippen LogP contribution in [-0.2, 0) is 19.1 Å². The summed E-state index contributed by atoms with van der Waals surface area (Å²) in [4.78, 5) is 12.0. The van der Waals surface area contributed by atoms with Gasteiger partial charge in [-0.15, -0.1) is 6.58 Å². The van der Waals surface area contributed by atoms with Gasteiger partial charge in [0.2, 0.25) is 0 Å². The first-order chi connectivity index (χ1) is 14.2. The minimum Gasteiger partial charge on any atom is -0.345 e. The van der Waals surface area contributed by atoms with Crippen LogP contribution in [0.1, 0.15) is 25.8 Å². The first-order valence-electron chi connectivity index (χ1n) is 9.32. The minimum atomic E-state index is -3.92. The fraction of sp³-hybridized carbons (Fsp3) is 0.227. The highest BCUT2D eigenvalue weighted by Crippen LogP contribution is 2.38. The van der Waals surface area contributed by atoms with Crippen LogP contribution < -0.4 is 0 Å². The van der Waals surface area contributed by atoms with Gasteiger partial charge in [0.15, 0.2) is 0 Å². The average Bonchev–Trinajstić information content (AvgIpc) is 3.07. The normalized spacial score (nSPS) is 12.6. The first kappa shape index (κ1) is 22.4. The maximum atomic E-state index is 12.0. The van der Waals surface area contributed by atoms with Gasteiger partial charge in [0.1, 0.15) is 5.75 Å². The molecule has 0 bridgehead atoms. The molecule has 1 unspecified atom stereocenters. The Bertz CT molecular complexity index is 1180. The fourth-order valence-corrected chi connectivity index (χ4v) is 4.43. The number of carbonyl (C=O) groups is 1. The summed E-state index contributed by atoms with van der Waals surface area (Å²) >= 11 is 12.5. The number of halogens is 2. The Morgan fingerprint density at radius 1 is 1.20 bits per heavy atom. The van der Waals surface area contributed by atoms with Crippen molar-refractivity contribution in [3.63, 3.8) is 0 Å². The molecule has 0 saturated carbocycles. The number of benzene rings is 2. The van der Waals surface area contributed by atoms with Gasteiger partial charge in [-0.25, -0.2) is 0 Å². The number of fused-ring (bicyclic) bond motifs is 1. The number of hydrogen-bond acceptors (Lipinski definition) is 4. The lowest BCUT2D eigenvalue weighted by Gasteiger charge is -2.15. The molecule has 0 aliphatic carbocycles. The maximum Gasteiger partial charge on any atom is 0.322 e. The molecule has 1 atom stereocenters. The molecule has 30 heavy (non-hydrogen) atoms.